The van der Waals surface area contributed by atoms with Crippen LogP contribution in [0, 0.1) is 41.0 Å². The first-order chi connectivity index (χ1) is 16.0. The van der Waals surface area contributed by atoms with E-state index >= 15 is 0 Å². The summed E-state index contributed by atoms with van der Waals surface area (Å²) in [5.74, 6) is -2.94. The van der Waals surface area contributed by atoms with Gasteiger partial charge in [0.05, 0.1) is 6.61 Å². The molecule has 3 atom stereocenters. The fraction of sp³-hybridized carbons (Fsp3) is 0.500. The van der Waals surface area contributed by atoms with Crippen LogP contribution in [0.3, 0.4) is 0 Å². The van der Waals surface area contributed by atoms with Gasteiger partial charge in [-0.15, -0.1) is 0 Å². The number of halogens is 4. The van der Waals surface area contributed by atoms with Gasteiger partial charge in [0.25, 0.3) is 0 Å². The first-order valence-electron chi connectivity index (χ1n) is 12.2. The van der Waals surface area contributed by atoms with Gasteiger partial charge in [-0.1, -0.05) is 44.1 Å². The number of rotatable bonds is 9. The molecule has 178 valence electrons. The normalized spacial score (nSPS) is 21.9. The van der Waals surface area contributed by atoms with E-state index in [1.54, 1.807) is 5.57 Å². The molecule has 0 spiro atoms. The Morgan fingerprint density at radius 3 is 2.27 bits per heavy atom. The minimum Gasteiger partial charge on any atom is -0.490 e. The lowest BCUT2D eigenvalue weighted by Gasteiger charge is -2.20. The van der Waals surface area contributed by atoms with E-state index in [0.29, 0.717) is 36.2 Å². The lowest BCUT2D eigenvalue weighted by atomic mass is 9.85. The Balaban J connectivity index is 1.47. The van der Waals surface area contributed by atoms with E-state index in [-0.39, 0.29) is 23.5 Å². The number of allylic oxidation sites excluding steroid dienone is 2. The van der Waals surface area contributed by atoms with E-state index in [4.69, 9.17) is 4.74 Å². The quantitative estimate of drug-likeness (QED) is 0.270. The number of fused-ring (bicyclic) bond motifs is 1. The molecule has 0 heterocycles. The molecule has 5 heteroatoms. The molecule has 0 amide bonds. The van der Waals surface area contributed by atoms with E-state index in [1.807, 2.05) is 6.92 Å². The number of ether oxygens (including phenoxy) is 1. The summed E-state index contributed by atoms with van der Waals surface area (Å²) in [6.07, 6.45) is 10.1. The summed E-state index contributed by atoms with van der Waals surface area (Å²) in [6, 6.07) is 5.36. The Bertz CT molecular complexity index is 1030. The minimum absolute atomic E-state index is 0.228. The number of aryl methyl sites for hydroxylation is 1. The van der Waals surface area contributed by atoms with Gasteiger partial charge in [0.1, 0.15) is 0 Å². The molecule has 4 rings (SSSR count). The molecule has 33 heavy (non-hydrogen) atoms. The fourth-order valence-electron chi connectivity index (χ4n) is 5.74. The predicted molar refractivity (Wildman–Crippen MR) is 123 cm³/mol. The molecule has 0 aliphatic heterocycles. The molecule has 0 radical (unpaired) electrons. The molecule has 2 aliphatic rings. The summed E-state index contributed by atoms with van der Waals surface area (Å²) in [7, 11) is 0. The van der Waals surface area contributed by atoms with Crippen LogP contribution >= 0.6 is 0 Å². The largest absolute Gasteiger partial charge is 0.490 e. The highest BCUT2D eigenvalue weighted by molar-refractivity contribution is 5.66. The zero-order valence-corrected chi connectivity index (χ0v) is 19.4. The molecule has 1 nitrogen and oxygen atoms in total. The summed E-state index contributed by atoms with van der Waals surface area (Å²) in [6.45, 7) is 4.30. The molecule has 2 aromatic rings. The van der Waals surface area contributed by atoms with Crippen LogP contribution in [-0.4, -0.2) is 6.61 Å². The van der Waals surface area contributed by atoms with E-state index in [9.17, 15) is 17.6 Å². The standard InChI is InChI=1S/C28H32F4O/c1-3-5-17-8-11-21-18(9-12-20(17)21)6-7-19-10-13-22(26(30)25(19)29)23-14-15-24(33-16-4-2)28(32)27(23)31/h8,10,13-15,18,20-21H,3-7,9,11-12,16H2,1-2H3. The van der Waals surface area contributed by atoms with Crippen molar-refractivity contribution in [3.8, 4) is 16.9 Å². The molecule has 2 aromatic carbocycles. The van der Waals surface area contributed by atoms with Crippen LogP contribution < -0.4 is 4.74 Å². The molecular weight excluding hydrogens is 428 g/mol. The third-order valence-electron chi connectivity index (χ3n) is 7.38. The summed E-state index contributed by atoms with van der Waals surface area (Å²) >= 11 is 0. The Hall–Kier alpha value is -2.30. The second-order valence-corrected chi connectivity index (χ2v) is 9.40. The molecule has 0 saturated heterocycles. The first-order valence-corrected chi connectivity index (χ1v) is 12.2. The van der Waals surface area contributed by atoms with Crippen LogP contribution in [0.15, 0.2) is 35.9 Å². The van der Waals surface area contributed by atoms with Gasteiger partial charge in [-0.3, -0.25) is 0 Å². The maximum atomic E-state index is 14.9. The molecule has 0 N–H and O–H groups in total. The van der Waals surface area contributed by atoms with E-state index in [0.717, 1.165) is 32.1 Å². The van der Waals surface area contributed by atoms with Crippen LogP contribution in [-0.2, 0) is 6.42 Å². The van der Waals surface area contributed by atoms with Crippen molar-refractivity contribution in [2.75, 3.05) is 6.61 Å². The average molecular weight is 461 g/mol. The van der Waals surface area contributed by atoms with Gasteiger partial charge in [0, 0.05) is 11.1 Å². The second kappa shape index (κ2) is 10.3. The molecular formula is C28H32F4O. The Morgan fingerprint density at radius 2 is 1.55 bits per heavy atom. The molecule has 1 saturated carbocycles. The summed E-state index contributed by atoms with van der Waals surface area (Å²) in [5.41, 5.74) is 1.30. The molecule has 1 fully saturated rings. The second-order valence-electron chi connectivity index (χ2n) is 9.40. The lowest BCUT2D eigenvalue weighted by molar-refractivity contribution is 0.295. The lowest BCUT2D eigenvalue weighted by Crippen LogP contribution is -2.13. The van der Waals surface area contributed by atoms with Crippen LogP contribution in [0.5, 0.6) is 5.75 Å². The molecule has 0 bridgehead atoms. The maximum absolute atomic E-state index is 14.9. The molecule has 2 aliphatic carbocycles. The van der Waals surface area contributed by atoms with E-state index in [2.05, 4.69) is 13.0 Å². The summed E-state index contributed by atoms with van der Waals surface area (Å²) < 4.78 is 63.9. The highest BCUT2D eigenvalue weighted by atomic mass is 19.2. The van der Waals surface area contributed by atoms with Crippen molar-refractivity contribution in [2.45, 2.75) is 65.2 Å². The van der Waals surface area contributed by atoms with Crippen molar-refractivity contribution in [1.82, 2.24) is 0 Å². The highest BCUT2D eigenvalue weighted by Gasteiger charge is 2.39. The van der Waals surface area contributed by atoms with Crippen LogP contribution in [0.2, 0.25) is 0 Å². The smallest absolute Gasteiger partial charge is 0.201 e. The zero-order valence-electron chi connectivity index (χ0n) is 19.4. The van der Waals surface area contributed by atoms with Gasteiger partial charge >= 0.3 is 0 Å². The Morgan fingerprint density at radius 1 is 0.818 bits per heavy atom. The topological polar surface area (TPSA) is 9.23 Å². The van der Waals surface area contributed by atoms with E-state index < -0.39 is 23.3 Å². The van der Waals surface area contributed by atoms with Crippen molar-refractivity contribution in [3.05, 3.63) is 64.7 Å². The zero-order chi connectivity index (χ0) is 23.5. The molecule has 0 aromatic heterocycles. The molecule has 3 unspecified atom stereocenters. The van der Waals surface area contributed by atoms with Gasteiger partial charge in [-0.25, -0.2) is 13.2 Å². The third kappa shape index (κ3) is 4.69. The number of hydrogen-bond acceptors (Lipinski definition) is 1. The number of hydrogen-bond donors (Lipinski definition) is 0. The van der Waals surface area contributed by atoms with Gasteiger partial charge in [-0.2, -0.15) is 4.39 Å². The Labute approximate surface area is 193 Å². The first kappa shape index (κ1) is 23.8. The van der Waals surface area contributed by atoms with Crippen LogP contribution in [0.1, 0.15) is 64.4 Å². The van der Waals surface area contributed by atoms with Gasteiger partial charge in [0.15, 0.2) is 23.2 Å². The van der Waals surface area contributed by atoms with Gasteiger partial charge < -0.3 is 4.74 Å². The van der Waals surface area contributed by atoms with Crippen LogP contribution in [0.25, 0.3) is 11.1 Å². The SMILES string of the molecule is CCCOc1ccc(-c2ccc(CCC3CCC4C(CCC)=CCC34)c(F)c2F)c(F)c1F. The average Bonchev–Trinajstić information content (AvgIpc) is 3.40. The summed E-state index contributed by atoms with van der Waals surface area (Å²) in [5, 5.41) is 0. The Kier molecular flexibility index (Phi) is 7.45. The fourth-order valence-corrected chi connectivity index (χ4v) is 5.74. The van der Waals surface area contributed by atoms with Crippen molar-refractivity contribution in [3.63, 3.8) is 0 Å². The highest BCUT2D eigenvalue weighted by Crippen LogP contribution is 2.50. The van der Waals surface area contributed by atoms with Crippen LogP contribution in [0.4, 0.5) is 17.6 Å². The maximum Gasteiger partial charge on any atom is 0.201 e. The van der Waals surface area contributed by atoms with Crippen molar-refractivity contribution in [2.24, 2.45) is 17.8 Å². The predicted octanol–water partition coefficient (Wildman–Crippen LogP) is 8.40. The third-order valence-corrected chi connectivity index (χ3v) is 7.38. The van der Waals surface area contributed by atoms with Gasteiger partial charge in [0.2, 0.25) is 5.82 Å². The number of benzene rings is 2. The van der Waals surface area contributed by atoms with Crippen molar-refractivity contribution in [1.29, 1.82) is 0 Å². The van der Waals surface area contributed by atoms with Crippen molar-refractivity contribution >= 4 is 0 Å². The summed E-state index contributed by atoms with van der Waals surface area (Å²) in [4.78, 5) is 0. The monoisotopic (exact) mass is 460 g/mol. The van der Waals surface area contributed by atoms with E-state index in [1.165, 1.54) is 30.7 Å². The van der Waals surface area contributed by atoms with Gasteiger partial charge in [-0.05, 0) is 80.4 Å². The van der Waals surface area contributed by atoms with Crippen molar-refractivity contribution < 1.29 is 22.3 Å². The minimum atomic E-state index is -1.23.